The first-order valence-electron chi connectivity index (χ1n) is 9.09. The van der Waals surface area contributed by atoms with Gasteiger partial charge < -0.3 is 15.4 Å². The number of amides is 2. The molecule has 1 aromatic heterocycles. The fourth-order valence-corrected chi connectivity index (χ4v) is 3.78. The van der Waals surface area contributed by atoms with Crippen molar-refractivity contribution in [1.82, 2.24) is 10.2 Å². The lowest BCUT2D eigenvalue weighted by molar-refractivity contribution is -0.117. The zero-order chi connectivity index (χ0) is 19.9. The molecule has 2 aromatic rings. The lowest BCUT2D eigenvalue weighted by Crippen LogP contribution is -2.46. The van der Waals surface area contributed by atoms with E-state index in [9.17, 15) is 14.4 Å². The average Bonchev–Trinajstić information content (AvgIpc) is 3.24. The van der Waals surface area contributed by atoms with Gasteiger partial charge in [-0.05, 0) is 42.5 Å². The molecular weight excluding hydrogens is 378 g/mol. The smallest absolute Gasteiger partial charge is 0.337 e. The zero-order valence-electron chi connectivity index (χ0n) is 15.6. The van der Waals surface area contributed by atoms with Gasteiger partial charge >= 0.3 is 5.97 Å². The summed E-state index contributed by atoms with van der Waals surface area (Å²) in [6, 6.07) is 8.60. The van der Waals surface area contributed by atoms with Crippen LogP contribution in [-0.4, -0.2) is 55.5 Å². The van der Waals surface area contributed by atoms with Crippen LogP contribution in [0, 0.1) is 0 Å². The highest BCUT2D eigenvalue weighted by atomic mass is 32.1. The molecule has 2 heterocycles. The molecule has 0 bridgehead atoms. The molecule has 0 radical (unpaired) electrons. The largest absolute Gasteiger partial charge is 0.465 e. The molecule has 2 N–H and O–H groups in total. The number of thiophene rings is 1. The molecular formula is C20H23N3O4S. The third-order valence-electron chi connectivity index (χ3n) is 4.64. The number of esters is 1. The summed E-state index contributed by atoms with van der Waals surface area (Å²) in [6.45, 7) is 1.75. The van der Waals surface area contributed by atoms with Crippen LogP contribution >= 0.6 is 11.3 Å². The van der Waals surface area contributed by atoms with Gasteiger partial charge in [0, 0.05) is 35.8 Å². The summed E-state index contributed by atoms with van der Waals surface area (Å²) in [6.07, 6.45) is 1.61. The molecule has 3 rings (SSSR count). The number of piperidine rings is 1. The van der Waals surface area contributed by atoms with E-state index < -0.39 is 5.97 Å². The minimum absolute atomic E-state index is 0.0390. The van der Waals surface area contributed by atoms with E-state index in [-0.39, 0.29) is 24.4 Å². The van der Waals surface area contributed by atoms with Crippen LogP contribution in [0.3, 0.4) is 0 Å². The van der Waals surface area contributed by atoms with Crippen LogP contribution in [0.15, 0.2) is 41.1 Å². The summed E-state index contributed by atoms with van der Waals surface area (Å²) in [4.78, 5) is 38.1. The van der Waals surface area contributed by atoms with Crippen LogP contribution in [0.5, 0.6) is 0 Å². The van der Waals surface area contributed by atoms with Crippen LogP contribution < -0.4 is 10.6 Å². The van der Waals surface area contributed by atoms with E-state index in [4.69, 9.17) is 0 Å². The predicted octanol–water partition coefficient (Wildman–Crippen LogP) is 2.37. The van der Waals surface area contributed by atoms with E-state index in [1.165, 1.54) is 18.4 Å². The molecule has 7 nitrogen and oxygen atoms in total. The Morgan fingerprint density at radius 3 is 2.64 bits per heavy atom. The number of nitrogens with zero attached hydrogens (tertiary/aromatic N) is 1. The quantitative estimate of drug-likeness (QED) is 0.726. The van der Waals surface area contributed by atoms with Gasteiger partial charge in [-0.15, -0.1) is 0 Å². The standard InChI is InChI=1S/C20H23N3O4S/c1-27-20(26)14-3-2-4-17(11-14)21-18(24)12-23-8-5-16(6-9-23)22-19(25)15-7-10-28-13-15/h2-4,7,10-11,13,16H,5-6,8-9,12H2,1H3,(H,21,24)(H,22,25). The Morgan fingerprint density at radius 2 is 1.96 bits per heavy atom. The normalized spacial score (nSPS) is 15.0. The van der Waals surface area contributed by atoms with Crippen molar-refractivity contribution in [2.45, 2.75) is 18.9 Å². The molecule has 0 spiro atoms. The Morgan fingerprint density at radius 1 is 1.18 bits per heavy atom. The van der Waals surface area contributed by atoms with Gasteiger partial charge in [0.15, 0.2) is 0 Å². The molecule has 2 amide bonds. The Labute approximate surface area is 167 Å². The van der Waals surface area contributed by atoms with Crippen molar-refractivity contribution in [2.75, 3.05) is 32.1 Å². The maximum atomic E-state index is 12.3. The van der Waals surface area contributed by atoms with Crippen molar-refractivity contribution >= 4 is 34.8 Å². The van der Waals surface area contributed by atoms with Gasteiger partial charge in [-0.25, -0.2) is 4.79 Å². The van der Waals surface area contributed by atoms with Gasteiger partial charge in [0.25, 0.3) is 5.91 Å². The van der Waals surface area contributed by atoms with Gasteiger partial charge in [-0.1, -0.05) is 6.07 Å². The van der Waals surface area contributed by atoms with Crippen LogP contribution in [0.2, 0.25) is 0 Å². The number of ether oxygens (including phenoxy) is 1. The second-order valence-corrected chi connectivity index (χ2v) is 7.44. The average molecular weight is 401 g/mol. The van der Waals surface area contributed by atoms with Crippen molar-refractivity contribution in [3.63, 3.8) is 0 Å². The van der Waals surface area contributed by atoms with E-state index in [0.29, 0.717) is 16.8 Å². The summed E-state index contributed by atoms with van der Waals surface area (Å²) in [5.74, 6) is -0.617. The van der Waals surface area contributed by atoms with Crippen molar-refractivity contribution in [3.05, 3.63) is 52.2 Å². The highest BCUT2D eigenvalue weighted by Gasteiger charge is 2.22. The molecule has 0 unspecified atom stereocenters. The lowest BCUT2D eigenvalue weighted by Gasteiger charge is -2.31. The van der Waals surface area contributed by atoms with Crippen molar-refractivity contribution < 1.29 is 19.1 Å². The molecule has 0 saturated carbocycles. The lowest BCUT2D eigenvalue weighted by atomic mass is 10.0. The molecule has 148 valence electrons. The van der Waals surface area contributed by atoms with Crippen LogP contribution in [0.1, 0.15) is 33.6 Å². The van der Waals surface area contributed by atoms with Gasteiger partial charge in [0.1, 0.15) is 0 Å². The van der Waals surface area contributed by atoms with E-state index in [1.807, 2.05) is 16.8 Å². The summed E-state index contributed by atoms with van der Waals surface area (Å²) in [7, 11) is 1.32. The predicted molar refractivity (Wildman–Crippen MR) is 108 cm³/mol. The number of nitrogens with one attached hydrogen (secondary N) is 2. The topological polar surface area (TPSA) is 87.7 Å². The van der Waals surface area contributed by atoms with E-state index in [1.54, 1.807) is 24.3 Å². The number of carbonyl (C=O) groups excluding carboxylic acids is 3. The molecule has 1 aromatic carbocycles. The minimum atomic E-state index is -0.442. The number of hydrogen-bond donors (Lipinski definition) is 2. The monoisotopic (exact) mass is 401 g/mol. The Kier molecular flexibility index (Phi) is 6.78. The number of carbonyl (C=O) groups is 3. The van der Waals surface area contributed by atoms with Crippen molar-refractivity contribution in [2.24, 2.45) is 0 Å². The fourth-order valence-electron chi connectivity index (χ4n) is 3.14. The van der Waals surface area contributed by atoms with E-state index in [0.717, 1.165) is 25.9 Å². The zero-order valence-corrected chi connectivity index (χ0v) is 16.5. The van der Waals surface area contributed by atoms with Gasteiger partial charge in [-0.2, -0.15) is 11.3 Å². The molecule has 8 heteroatoms. The number of rotatable bonds is 6. The number of likely N-dealkylation sites (tertiary alicyclic amines) is 1. The maximum Gasteiger partial charge on any atom is 0.337 e. The number of anilines is 1. The third kappa shape index (κ3) is 5.40. The van der Waals surface area contributed by atoms with Crippen molar-refractivity contribution in [1.29, 1.82) is 0 Å². The summed E-state index contributed by atoms with van der Waals surface area (Å²) in [5.41, 5.74) is 1.65. The fraction of sp³-hybridized carbons (Fsp3) is 0.350. The van der Waals surface area contributed by atoms with Crippen LogP contribution in [0.25, 0.3) is 0 Å². The molecule has 0 atom stereocenters. The molecule has 1 fully saturated rings. The maximum absolute atomic E-state index is 12.3. The van der Waals surface area contributed by atoms with Gasteiger partial charge in [-0.3, -0.25) is 14.5 Å². The van der Waals surface area contributed by atoms with Crippen molar-refractivity contribution in [3.8, 4) is 0 Å². The Hall–Kier alpha value is -2.71. The van der Waals surface area contributed by atoms with E-state index >= 15 is 0 Å². The first kappa shape index (κ1) is 20.0. The molecule has 0 aliphatic carbocycles. The third-order valence-corrected chi connectivity index (χ3v) is 5.32. The van der Waals surface area contributed by atoms with Crippen LogP contribution in [-0.2, 0) is 9.53 Å². The Bertz CT molecular complexity index is 830. The number of hydrogen-bond acceptors (Lipinski definition) is 6. The molecule has 1 aliphatic heterocycles. The molecule has 1 aliphatic rings. The number of benzene rings is 1. The molecule has 28 heavy (non-hydrogen) atoms. The van der Waals surface area contributed by atoms with E-state index in [2.05, 4.69) is 20.3 Å². The minimum Gasteiger partial charge on any atom is -0.465 e. The first-order chi connectivity index (χ1) is 13.5. The summed E-state index contributed by atoms with van der Waals surface area (Å²) in [5, 5.41) is 9.59. The van der Waals surface area contributed by atoms with Gasteiger partial charge in [0.2, 0.25) is 5.91 Å². The second-order valence-electron chi connectivity index (χ2n) is 6.66. The number of methoxy groups -OCH3 is 1. The van der Waals surface area contributed by atoms with Gasteiger partial charge in [0.05, 0.1) is 19.2 Å². The van der Waals surface area contributed by atoms with Crippen LogP contribution in [0.4, 0.5) is 5.69 Å². The second kappa shape index (κ2) is 9.48. The highest BCUT2D eigenvalue weighted by molar-refractivity contribution is 7.08. The summed E-state index contributed by atoms with van der Waals surface area (Å²) >= 11 is 1.50. The first-order valence-corrected chi connectivity index (χ1v) is 10.0. The SMILES string of the molecule is COC(=O)c1cccc(NC(=O)CN2CCC(NC(=O)c3ccsc3)CC2)c1. The molecule has 1 saturated heterocycles. The Balaban J connectivity index is 1.44. The highest BCUT2D eigenvalue weighted by Crippen LogP contribution is 2.14. The summed E-state index contributed by atoms with van der Waals surface area (Å²) < 4.78 is 4.69.